The number of aliphatic carboxylic acids is 1. The Morgan fingerprint density at radius 1 is 0.946 bits per heavy atom. The van der Waals surface area contributed by atoms with Crippen molar-refractivity contribution in [2.45, 2.75) is 19.2 Å². The molecule has 0 unspecified atom stereocenters. The molecule has 1 fully saturated rings. The average Bonchev–Trinajstić information content (AvgIpc) is 3.56. The first-order chi connectivity index (χ1) is 18.1. The van der Waals surface area contributed by atoms with Crippen molar-refractivity contribution in [2.24, 2.45) is 0 Å². The zero-order chi connectivity index (χ0) is 25.2. The number of hydrogen-bond donors (Lipinski definition) is 2. The maximum atomic E-state index is 12.5. The Hall–Kier alpha value is -4.01. The van der Waals surface area contributed by atoms with E-state index in [2.05, 4.69) is 20.9 Å². The molecule has 3 aromatic carbocycles. The molecule has 1 saturated heterocycles. The van der Waals surface area contributed by atoms with Crippen molar-refractivity contribution in [1.29, 1.82) is 0 Å². The molecule has 0 radical (unpaired) electrons. The fraction of sp³-hybridized carbons (Fsp3) is 0.276. The smallest absolute Gasteiger partial charge is 0.325 e. The zero-order valence-electron chi connectivity index (χ0n) is 20.4. The molecule has 2 aliphatic rings. The molecule has 0 bridgehead atoms. The Kier molecular flexibility index (Phi) is 6.42. The van der Waals surface area contributed by atoms with Gasteiger partial charge in [0.25, 0.3) is 0 Å². The quantitative estimate of drug-likeness (QED) is 0.371. The summed E-state index contributed by atoms with van der Waals surface area (Å²) in [5.41, 5.74) is 3.90. The van der Waals surface area contributed by atoms with Crippen LogP contribution in [0.2, 0.25) is 0 Å². The molecule has 6 rings (SSSR count). The molecule has 1 aromatic heterocycles. The summed E-state index contributed by atoms with van der Waals surface area (Å²) in [4.78, 5) is 20.1. The number of hydrogen-bond acceptors (Lipinski definition) is 6. The van der Waals surface area contributed by atoms with Crippen molar-refractivity contribution in [3.63, 3.8) is 0 Å². The van der Waals surface area contributed by atoms with E-state index in [1.54, 1.807) is 0 Å². The molecule has 0 spiro atoms. The number of aromatic amines is 1. The van der Waals surface area contributed by atoms with Gasteiger partial charge in [0.2, 0.25) is 6.79 Å². The summed E-state index contributed by atoms with van der Waals surface area (Å²) in [5, 5.41) is 11.1. The van der Waals surface area contributed by atoms with Gasteiger partial charge in [-0.25, -0.2) is 0 Å². The Balaban J connectivity index is 1.14. The van der Waals surface area contributed by atoms with Crippen molar-refractivity contribution < 1.29 is 24.1 Å². The van der Waals surface area contributed by atoms with Crippen LogP contribution in [0.3, 0.4) is 0 Å². The third-order valence-corrected chi connectivity index (χ3v) is 7.08. The van der Waals surface area contributed by atoms with E-state index in [1.807, 2.05) is 66.9 Å². The van der Waals surface area contributed by atoms with Crippen LogP contribution in [0.25, 0.3) is 10.9 Å². The minimum atomic E-state index is -0.847. The van der Waals surface area contributed by atoms with Crippen LogP contribution < -0.4 is 14.2 Å². The maximum Gasteiger partial charge on any atom is 0.325 e. The Morgan fingerprint density at radius 2 is 1.76 bits per heavy atom. The van der Waals surface area contributed by atoms with Crippen LogP contribution in [0.5, 0.6) is 17.2 Å². The van der Waals surface area contributed by atoms with Gasteiger partial charge in [0.15, 0.2) is 11.5 Å². The molecule has 190 valence electrons. The van der Waals surface area contributed by atoms with Crippen molar-refractivity contribution in [1.82, 2.24) is 14.8 Å². The van der Waals surface area contributed by atoms with E-state index in [0.29, 0.717) is 19.7 Å². The third-order valence-electron chi connectivity index (χ3n) is 7.08. The average molecular weight is 500 g/mol. The van der Waals surface area contributed by atoms with E-state index < -0.39 is 12.0 Å². The molecule has 2 N–H and O–H groups in total. The van der Waals surface area contributed by atoms with Gasteiger partial charge < -0.3 is 24.3 Å². The summed E-state index contributed by atoms with van der Waals surface area (Å²) in [7, 11) is 0. The standard InChI is InChI=1S/C29H29N3O5/c33-29(34)28(32-12-10-31(11-13-32)17-21-6-9-26-27(14-21)37-19-36-26)24-16-30-25-8-7-22(15-23(24)25)35-18-20-4-2-1-3-5-20/h1-9,14-16,28,30H,10-13,17-19H2,(H,33,34)/t28-/m0/s1. The van der Waals surface area contributed by atoms with Crippen LogP contribution in [0.4, 0.5) is 0 Å². The number of ether oxygens (including phenoxy) is 3. The number of carbonyl (C=O) groups is 1. The SMILES string of the molecule is O=C(O)[C@H](c1c[nH]c2ccc(OCc3ccccc3)cc12)N1CCN(Cc2ccc3c(c2)OCO3)CC1. The number of aromatic nitrogens is 1. The van der Waals surface area contributed by atoms with Gasteiger partial charge in [0, 0.05) is 55.4 Å². The maximum absolute atomic E-state index is 12.5. The summed E-state index contributed by atoms with van der Waals surface area (Å²) >= 11 is 0. The van der Waals surface area contributed by atoms with Crippen LogP contribution in [0, 0.1) is 0 Å². The van der Waals surface area contributed by atoms with E-state index in [9.17, 15) is 9.90 Å². The molecular formula is C29H29N3O5. The lowest BCUT2D eigenvalue weighted by atomic mass is 10.0. The fourth-order valence-electron chi connectivity index (χ4n) is 5.14. The Bertz CT molecular complexity index is 1400. The van der Waals surface area contributed by atoms with Gasteiger partial charge in [0.05, 0.1) is 0 Å². The monoisotopic (exact) mass is 499 g/mol. The minimum Gasteiger partial charge on any atom is -0.489 e. The highest BCUT2D eigenvalue weighted by molar-refractivity contribution is 5.90. The first-order valence-electron chi connectivity index (χ1n) is 12.5. The van der Waals surface area contributed by atoms with E-state index >= 15 is 0 Å². The first-order valence-corrected chi connectivity index (χ1v) is 12.5. The topological polar surface area (TPSA) is 87.3 Å². The molecule has 0 saturated carbocycles. The normalized spacial score (nSPS) is 16.6. The number of benzene rings is 3. The van der Waals surface area contributed by atoms with E-state index in [1.165, 1.54) is 0 Å². The molecule has 2 aliphatic heterocycles. The van der Waals surface area contributed by atoms with Crippen LogP contribution in [-0.4, -0.2) is 58.8 Å². The fourth-order valence-corrected chi connectivity index (χ4v) is 5.14. The predicted octanol–water partition coefficient (Wildman–Crippen LogP) is 4.42. The number of nitrogens with one attached hydrogen (secondary N) is 1. The summed E-state index contributed by atoms with van der Waals surface area (Å²) in [6.45, 7) is 4.41. The second-order valence-corrected chi connectivity index (χ2v) is 9.47. The highest BCUT2D eigenvalue weighted by atomic mass is 16.7. The zero-order valence-corrected chi connectivity index (χ0v) is 20.4. The summed E-state index contributed by atoms with van der Waals surface area (Å²) in [6.07, 6.45) is 1.82. The molecule has 0 aliphatic carbocycles. The summed E-state index contributed by atoms with van der Waals surface area (Å²) < 4.78 is 16.9. The number of rotatable bonds is 8. The highest BCUT2D eigenvalue weighted by Gasteiger charge is 2.32. The molecule has 0 amide bonds. The number of H-pyrrole nitrogens is 1. The first kappa shape index (κ1) is 23.4. The van der Waals surface area contributed by atoms with Gasteiger partial charge in [-0.2, -0.15) is 0 Å². The predicted molar refractivity (Wildman–Crippen MR) is 139 cm³/mol. The number of carboxylic acids is 1. The number of nitrogens with zero attached hydrogens (tertiary/aromatic N) is 2. The molecule has 4 aromatic rings. The second kappa shape index (κ2) is 10.2. The van der Waals surface area contributed by atoms with Crippen LogP contribution in [0.15, 0.2) is 72.9 Å². The van der Waals surface area contributed by atoms with Crippen molar-refractivity contribution in [3.05, 3.63) is 89.6 Å². The lowest BCUT2D eigenvalue weighted by Crippen LogP contribution is -2.48. The number of carboxylic acid groups (broad SMARTS) is 1. The largest absolute Gasteiger partial charge is 0.489 e. The minimum absolute atomic E-state index is 0.266. The number of piperazine rings is 1. The highest BCUT2D eigenvalue weighted by Crippen LogP contribution is 2.34. The molecule has 37 heavy (non-hydrogen) atoms. The van der Waals surface area contributed by atoms with Gasteiger partial charge in [-0.1, -0.05) is 36.4 Å². The molecular weight excluding hydrogens is 470 g/mol. The van der Waals surface area contributed by atoms with E-state index in [0.717, 1.165) is 64.5 Å². The van der Waals surface area contributed by atoms with Gasteiger partial charge in [-0.3, -0.25) is 14.6 Å². The Labute approximate surface area is 215 Å². The lowest BCUT2D eigenvalue weighted by Gasteiger charge is -2.37. The van der Waals surface area contributed by atoms with Gasteiger partial charge in [0.1, 0.15) is 18.4 Å². The van der Waals surface area contributed by atoms with Gasteiger partial charge in [-0.15, -0.1) is 0 Å². The van der Waals surface area contributed by atoms with Gasteiger partial charge in [-0.05, 0) is 41.5 Å². The second-order valence-electron chi connectivity index (χ2n) is 9.47. The van der Waals surface area contributed by atoms with E-state index in [4.69, 9.17) is 14.2 Å². The van der Waals surface area contributed by atoms with Gasteiger partial charge >= 0.3 is 5.97 Å². The van der Waals surface area contributed by atoms with Crippen molar-refractivity contribution in [3.8, 4) is 17.2 Å². The summed E-state index contributed by atoms with van der Waals surface area (Å²) in [5.74, 6) is 1.44. The lowest BCUT2D eigenvalue weighted by molar-refractivity contribution is -0.144. The van der Waals surface area contributed by atoms with Crippen LogP contribution >= 0.6 is 0 Å². The molecule has 1 atom stereocenters. The van der Waals surface area contributed by atoms with Crippen LogP contribution in [-0.2, 0) is 17.9 Å². The van der Waals surface area contributed by atoms with Crippen LogP contribution in [0.1, 0.15) is 22.7 Å². The van der Waals surface area contributed by atoms with E-state index in [-0.39, 0.29) is 6.79 Å². The molecule has 3 heterocycles. The number of fused-ring (bicyclic) bond motifs is 2. The van der Waals surface area contributed by atoms with Crippen molar-refractivity contribution in [2.75, 3.05) is 33.0 Å². The van der Waals surface area contributed by atoms with Crippen molar-refractivity contribution >= 4 is 16.9 Å². The third kappa shape index (κ3) is 4.98. The molecule has 8 nitrogen and oxygen atoms in total. The molecule has 8 heteroatoms. The summed E-state index contributed by atoms with van der Waals surface area (Å²) in [6, 6.07) is 21.1. The Morgan fingerprint density at radius 3 is 2.57 bits per heavy atom.